The number of hydrogen-bond acceptors (Lipinski definition) is 2. The zero-order valence-electron chi connectivity index (χ0n) is 7.30. The largest absolute Gasteiger partial charge is 0.452 e. The molecule has 0 atom stereocenters. The molecule has 0 rings (SSSR count). The van der Waals surface area contributed by atoms with E-state index in [4.69, 9.17) is 0 Å². The van der Waals surface area contributed by atoms with Crippen molar-refractivity contribution < 1.29 is 9.53 Å². The summed E-state index contributed by atoms with van der Waals surface area (Å²) in [6.07, 6.45) is 4.11. The summed E-state index contributed by atoms with van der Waals surface area (Å²) in [5, 5.41) is 3.65. The lowest BCUT2D eigenvalue weighted by Crippen LogP contribution is -2.16. The Morgan fingerprint density at radius 1 is 1.36 bits per heavy atom. The predicted octanol–water partition coefficient (Wildman–Crippen LogP) is 1.94. The maximum absolute atomic E-state index is 10.5. The number of nitrogens with zero attached hydrogens (tertiary/aromatic N) is 1. The molecular weight excluding hydrogens is 142 g/mol. The molecule has 0 saturated carbocycles. The Morgan fingerprint density at radius 3 is 2.64 bits per heavy atom. The molecule has 65 valence electrons. The molecule has 0 aromatic rings. The minimum absolute atomic E-state index is 0.457. The van der Waals surface area contributed by atoms with Crippen LogP contribution in [0.4, 0.5) is 4.79 Å². The van der Waals surface area contributed by atoms with Crippen molar-refractivity contribution in [1.82, 2.24) is 5.32 Å². The van der Waals surface area contributed by atoms with Crippen LogP contribution < -0.4 is 5.32 Å². The van der Waals surface area contributed by atoms with Crippen LogP contribution in [0.5, 0.6) is 0 Å². The molecular formula is C8H16NO2. The summed E-state index contributed by atoms with van der Waals surface area (Å²) >= 11 is 0. The van der Waals surface area contributed by atoms with E-state index in [2.05, 4.69) is 17.0 Å². The Labute approximate surface area is 68.1 Å². The number of carbonyl (C=O) groups excluding carboxylic acids is 1. The summed E-state index contributed by atoms with van der Waals surface area (Å²) < 4.78 is 4.35. The van der Waals surface area contributed by atoms with Crippen molar-refractivity contribution in [3.05, 3.63) is 0 Å². The summed E-state index contributed by atoms with van der Waals surface area (Å²) in [5.74, 6) is 0. The summed E-state index contributed by atoms with van der Waals surface area (Å²) in [5.41, 5.74) is 0. The number of unbranched alkanes of at least 4 members (excludes halogenated alkanes) is 3. The standard InChI is InChI=1S/C8H16NO2/c1-3-4-5-6-7-9-8(10)11-2/h3-7H2,1-2H3. The lowest BCUT2D eigenvalue weighted by Gasteiger charge is -1.98. The molecule has 11 heavy (non-hydrogen) atoms. The van der Waals surface area contributed by atoms with Crippen LogP contribution in [0.3, 0.4) is 0 Å². The fourth-order valence-corrected chi connectivity index (χ4v) is 0.773. The molecule has 1 amide bonds. The van der Waals surface area contributed by atoms with Crippen molar-refractivity contribution in [3.63, 3.8) is 0 Å². The molecule has 0 aliphatic rings. The third-order valence-electron chi connectivity index (χ3n) is 1.43. The van der Waals surface area contributed by atoms with Gasteiger partial charge in [0.15, 0.2) is 0 Å². The number of rotatable bonds is 5. The maximum Gasteiger partial charge on any atom is 0.428 e. The summed E-state index contributed by atoms with van der Waals surface area (Å²) in [7, 11) is 1.35. The highest BCUT2D eigenvalue weighted by atomic mass is 16.5. The van der Waals surface area contributed by atoms with Gasteiger partial charge in [-0.05, 0) is 6.42 Å². The zero-order chi connectivity index (χ0) is 8.53. The van der Waals surface area contributed by atoms with Gasteiger partial charge in [-0.3, -0.25) is 0 Å². The van der Waals surface area contributed by atoms with E-state index >= 15 is 0 Å². The first-order valence-corrected chi connectivity index (χ1v) is 4.06. The van der Waals surface area contributed by atoms with Crippen LogP contribution >= 0.6 is 0 Å². The molecule has 0 unspecified atom stereocenters. The molecule has 0 aliphatic carbocycles. The second kappa shape index (κ2) is 7.38. The van der Waals surface area contributed by atoms with Crippen molar-refractivity contribution in [2.45, 2.75) is 32.6 Å². The van der Waals surface area contributed by atoms with Crippen molar-refractivity contribution in [2.75, 3.05) is 13.7 Å². The highest BCUT2D eigenvalue weighted by Gasteiger charge is 1.97. The van der Waals surface area contributed by atoms with E-state index in [1.165, 1.54) is 20.0 Å². The molecule has 1 radical (unpaired) electrons. The summed E-state index contributed by atoms with van der Waals surface area (Å²) in [4.78, 5) is 10.5. The van der Waals surface area contributed by atoms with Gasteiger partial charge in [0.1, 0.15) is 0 Å². The van der Waals surface area contributed by atoms with Crippen molar-refractivity contribution in [3.8, 4) is 0 Å². The lowest BCUT2D eigenvalue weighted by molar-refractivity contribution is 0.170. The fourth-order valence-electron chi connectivity index (χ4n) is 0.773. The van der Waals surface area contributed by atoms with Gasteiger partial charge in [0.25, 0.3) is 0 Å². The van der Waals surface area contributed by atoms with Crippen LogP contribution in [0.2, 0.25) is 0 Å². The topological polar surface area (TPSA) is 40.4 Å². The second-order valence-corrected chi connectivity index (χ2v) is 2.41. The molecule has 3 nitrogen and oxygen atoms in total. The third kappa shape index (κ3) is 7.16. The number of ether oxygens (including phenoxy) is 1. The van der Waals surface area contributed by atoms with Crippen molar-refractivity contribution in [2.24, 2.45) is 0 Å². The van der Waals surface area contributed by atoms with E-state index in [0.717, 1.165) is 12.8 Å². The average molecular weight is 158 g/mol. The van der Waals surface area contributed by atoms with Crippen LogP contribution in [0.15, 0.2) is 0 Å². The van der Waals surface area contributed by atoms with Gasteiger partial charge >= 0.3 is 6.09 Å². The van der Waals surface area contributed by atoms with Gasteiger partial charge in [0, 0.05) is 6.54 Å². The summed E-state index contributed by atoms with van der Waals surface area (Å²) in [6, 6.07) is 0. The van der Waals surface area contributed by atoms with Gasteiger partial charge in [-0.1, -0.05) is 26.2 Å². The zero-order valence-corrected chi connectivity index (χ0v) is 7.30. The normalized spacial score (nSPS) is 9.27. The SMILES string of the molecule is CCCCCC[N]C(=O)OC. The monoisotopic (exact) mass is 158 g/mol. The van der Waals surface area contributed by atoms with E-state index in [1.54, 1.807) is 0 Å². The first-order chi connectivity index (χ1) is 5.31. The second-order valence-electron chi connectivity index (χ2n) is 2.41. The lowest BCUT2D eigenvalue weighted by atomic mass is 10.2. The molecule has 0 heterocycles. The molecule has 0 bridgehead atoms. The molecule has 0 aromatic carbocycles. The van der Waals surface area contributed by atoms with Crippen LogP contribution in [-0.2, 0) is 4.74 Å². The van der Waals surface area contributed by atoms with E-state index in [0.29, 0.717) is 6.54 Å². The van der Waals surface area contributed by atoms with E-state index in [-0.39, 0.29) is 0 Å². The predicted molar refractivity (Wildman–Crippen MR) is 43.5 cm³/mol. The number of carbonyl (C=O) groups is 1. The van der Waals surface area contributed by atoms with Gasteiger partial charge in [0.2, 0.25) is 0 Å². The minimum Gasteiger partial charge on any atom is -0.452 e. The number of methoxy groups -OCH3 is 1. The van der Waals surface area contributed by atoms with Crippen LogP contribution in [0, 0.1) is 0 Å². The Balaban J connectivity index is 2.95. The van der Waals surface area contributed by atoms with Gasteiger partial charge < -0.3 is 4.74 Å². The molecule has 0 N–H and O–H groups in total. The molecule has 3 heteroatoms. The van der Waals surface area contributed by atoms with E-state index in [1.807, 2.05) is 0 Å². The average Bonchev–Trinajstić information content (AvgIpc) is 2.04. The molecule has 0 saturated heterocycles. The Kier molecular flexibility index (Phi) is 6.89. The Bertz CT molecular complexity index is 104. The van der Waals surface area contributed by atoms with E-state index < -0.39 is 6.09 Å². The Hall–Kier alpha value is -0.730. The molecule has 0 spiro atoms. The first-order valence-electron chi connectivity index (χ1n) is 4.06. The smallest absolute Gasteiger partial charge is 0.428 e. The molecule has 0 fully saturated rings. The van der Waals surface area contributed by atoms with E-state index in [9.17, 15) is 4.79 Å². The quantitative estimate of drug-likeness (QED) is 0.573. The summed E-state index contributed by atoms with van der Waals surface area (Å²) in [6.45, 7) is 2.75. The first kappa shape index (κ1) is 10.3. The maximum atomic E-state index is 10.5. The Morgan fingerprint density at radius 2 is 2.09 bits per heavy atom. The van der Waals surface area contributed by atoms with Gasteiger partial charge in [-0.2, -0.15) is 0 Å². The highest BCUT2D eigenvalue weighted by Crippen LogP contribution is 1.97. The van der Waals surface area contributed by atoms with Gasteiger partial charge in [-0.15, -0.1) is 0 Å². The molecule has 0 aromatic heterocycles. The molecule has 0 aliphatic heterocycles. The van der Waals surface area contributed by atoms with Crippen molar-refractivity contribution >= 4 is 6.09 Å². The highest BCUT2D eigenvalue weighted by molar-refractivity contribution is 5.66. The van der Waals surface area contributed by atoms with Gasteiger partial charge in [-0.25, -0.2) is 10.1 Å². The minimum atomic E-state index is -0.457. The number of hydrogen-bond donors (Lipinski definition) is 0. The van der Waals surface area contributed by atoms with Crippen molar-refractivity contribution in [1.29, 1.82) is 0 Å². The number of amides is 1. The van der Waals surface area contributed by atoms with Gasteiger partial charge in [0.05, 0.1) is 7.11 Å². The third-order valence-corrected chi connectivity index (χ3v) is 1.43. The van der Waals surface area contributed by atoms with Crippen LogP contribution in [0.1, 0.15) is 32.6 Å². The fraction of sp³-hybridized carbons (Fsp3) is 0.875. The van der Waals surface area contributed by atoms with Crippen LogP contribution in [0.25, 0.3) is 0 Å². The van der Waals surface area contributed by atoms with Crippen LogP contribution in [-0.4, -0.2) is 19.7 Å².